The van der Waals surface area contributed by atoms with E-state index in [0.29, 0.717) is 5.71 Å². The van der Waals surface area contributed by atoms with Crippen molar-refractivity contribution in [2.24, 2.45) is 0 Å². The van der Waals surface area contributed by atoms with Crippen LogP contribution in [0, 0.1) is 5.41 Å². The Morgan fingerprint density at radius 1 is 1.60 bits per heavy atom. The summed E-state index contributed by atoms with van der Waals surface area (Å²) in [6.45, 7) is 7.79. The van der Waals surface area contributed by atoms with Gasteiger partial charge >= 0.3 is 0 Å². The van der Waals surface area contributed by atoms with Crippen LogP contribution in [0.5, 0.6) is 0 Å². The van der Waals surface area contributed by atoms with Crippen LogP contribution in [0.4, 0.5) is 0 Å². The Morgan fingerprint density at radius 2 is 2.20 bits per heavy atom. The predicted molar refractivity (Wildman–Crippen MR) is 46.6 cm³/mol. The molecule has 0 amide bonds. The lowest BCUT2D eigenvalue weighted by Gasteiger charge is -1.99. The molecular weight excluding hydrogens is 122 g/mol. The zero-order valence-electron chi connectivity index (χ0n) is 6.78. The highest BCUT2D eigenvalue weighted by molar-refractivity contribution is 6.05. The fraction of sp³-hybridized carbons (Fsp3) is 0.444. The van der Waals surface area contributed by atoms with Crippen LogP contribution in [0.2, 0.25) is 0 Å². The first-order valence-electron chi connectivity index (χ1n) is 3.61. The van der Waals surface area contributed by atoms with Crippen LogP contribution in [0.3, 0.4) is 0 Å². The summed E-state index contributed by atoms with van der Waals surface area (Å²) in [5, 5.41) is 7.41. The molecule has 0 unspecified atom stereocenters. The van der Waals surface area contributed by atoms with E-state index in [1.807, 2.05) is 13.0 Å². The quantitative estimate of drug-likeness (QED) is 0.576. The van der Waals surface area contributed by atoms with E-state index in [1.54, 1.807) is 6.08 Å². The Hall–Kier alpha value is -0.850. The van der Waals surface area contributed by atoms with Gasteiger partial charge in [0, 0.05) is 0 Å². The van der Waals surface area contributed by atoms with Gasteiger partial charge in [0.2, 0.25) is 0 Å². The van der Waals surface area contributed by atoms with Gasteiger partial charge < -0.3 is 5.41 Å². The number of hydrogen-bond acceptors (Lipinski definition) is 1. The average molecular weight is 137 g/mol. The van der Waals surface area contributed by atoms with Crippen LogP contribution in [-0.2, 0) is 0 Å². The molecule has 0 rings (SSSR count). The van der Waals surface area contributed by atoms with Crippen molar-refractivity contribution in [3.63, 3.8) is 0 Å². The van der Waals surface area contributed by atoms with Gasteiger partial charge in [-0.2, -0.15) is 0 Å². The summed E-state index contributed by atoms with van der Waals surface area (Å²) in [5.74, 6) is 0. The highest BCUT2D eigenvalue weighted by Gasteiger charge is 1.94. The van der Waals surface area contributed by atoms with Crippen molar-refractivity contribution < 1.29 is 0 Å². The fourth-order valence-corrected chi connectivity index (χ4v) is 0.721. The molecule has 1 nitrogen and oxygen atoms in total. The zero-order valence-corrected chi connectivity index (χ0v) is 6.78. The fourth-order valence-electron chi connectivity index (χ4n) is 0.721. The minimum Gasteiger partial charge on any atom is -0.301 e. The molecule has 0 heterocycles. The van der Waals surface area contributed by atoms with Crippen LogP contribution < -0.4 is 0 Å². The van der Waals surface area contributed by atoms with Crippen molar-refractivity contribution in [2.45, 2.75) is 26.7 Å². The molecular formula is C9H15N. The molecule has 0 aromatic heterocycles. The van der Waals surface area contributed by atoms with Crippen molar-refractivity contribution in [1.29, 1.82) is 5.41 Å². The third kappa shape index (κ3) is 3.23. The molecule has 1 heteroatoms. The minimum atomic E-state index is 0.560. The molecule has 56 valence electrons. The Labute approximate surface area is 63.0 Å². The van der Waals surface area contributed by atoms with Gasteiger partial charge in [0.25, 0.3) is 0 Å². The van der Waals surface area contributed by atoms with E-state index < -0.39 is 0 Å². The highest BCUT2D eigenvalue weighted by atomic mass is 14.4. The first-order valence-corrected chi connectivity index (χ1v) is 3.61. The summed E-state index contributed by atoms with van der Waals surface area (Å²) in [4.78, 5) is 0. The highest BCUT2D eigenvalue weighted by Crippen LogP contribution is 2.03. The van der Waals surface area contributed by atoms with E-state index in [1.165, 1.54) is 0 Å². The number of nitrogens with one attached hydrogen (secondary N) is 1. The Morgan fingerprint density at radius 3 is 2.60 bits per heavy atom. The summed E-state index contributed by atoms with van der Waals surface area (Å²) >= 11 is 0. The monoisotopic (exact) mass is 137 g/mol. The molecule has 0 aliphatic rings. The van der Waals surface area contributed by atoms with Crippen molar-refractivity contribution in [3.05, 3.63) is 24.3 Å². The van der Waals surface area contributed by atoms with Gasteiger partial charge in [-0.25, -0.2) is 0 Å². The number of rotatable bonds is 4. The predicted octanol–water partition coefficient (Wildman–Crippen LogP) is 2.94. The second-order valence-corrected chi connectivity index (χ2v) is 2.27. The van der Waals surface area contributed by atoms with E-state index in [-0.39, 0.29) is 0 Å². The Bertz CT molecular complexity index is 154. The van der Waals surface area contributed by atoms with Gasteiger partial charge in [0.05, 0.1) is 5.71 Å². The molecule has 0 aliphatic carbocycles. The van der Waals surface area contributed by atoms with Gasteiger partial charge in [0.15, 0.2) is 0 Å². The van der Waals surface area contributed by atoms with Crippen LogP contribution in [0.1, 0.15) is 26.7 Å². The maximum Gasteiger partial charge on any atom is 0.0562 e. The molecule has 0 aromatic carbocycles. The molecule has 0 bridgehead atoms. The average Bonchev–Trinajstić information content (AvgIpc) is 1.89. The van der Waals surface area contributed by atoms with E-state index in [9.17, 15) is 0 Å². The largest absolute Gasteiger partial charge is 0.301 e. The topological polar surface area (TPSA) is 23.9 Å². The molecule has 10 heavy (non-hydrogen) atoms. The maximum absolute atomic E-state index is 7.41. The third-order valence-corrected chi connectivity index (χ3v) is 1.27. The summed E-state index contributed by atoms with van der Waals surface area (Å²) in [7, 11) is 0. The molecule has 0 fully saturated rings. The van der Waals surface area contributed by atoms with E-state index in [2.05, 4.69) is 13.5 Å². The van der Waals surface area contributed by atoms with Crippen LogP contribution in [0.15, 0.2) is 24.3 Å². The molecule has 0 aromatic rings. The standard InChI is InChI=1S/C9H15N/c1-4-6-8(3)9(10)7-5-2/h5,7,10H,3-4,6H2,1-2H3/b7-5-,10-9?. The number of hydrogen-bond donors (Lipinski definition) is 1. The summed E-state index contributed by atoms with van der Waals surface area (Å²) < 4.78 is 0. The second-order valence-electron chi connectivity index (χ2n) is 2.27. The normalized spacial score (nSPS) is 10.2. The third-order valence-electron chi connectivity index (χ3n) is 1.27. The molecule has 0 atom stereocenters. The number of allylic oxidation sites excluding steroid dienone is 3. The SMILES string of the molecule is C=C(CCC)C(=N)/C=C\C. The summed E-state index contributed by atoms with van der Waals surface area (Å²) in [5.41, 5.74) is 1.49. The molecule has 1 N–H and O–H groups in total. The van der Waals surface area contributed by atoms with Crippen molar-refractivity contribution >= 4 is 5.71 Å². The lowest BCUT2D eigenvalue weighted by molar-refractivity contribution is 0.938. The lowest BCUT2D eigenvalue weighted by Crippen LogP contribution is -1.94. The second kappa shape index (κ2) is 4.98. The smallest absolute Gasteiger partial charge is 0.0562 e. The van der Waals surface area contributed by atoms with E-state index in [0.717, 1.165) is 18.4 Å². The van der Waals surface area contributed by atoms with Gasteiger partial charge in [-0.15, -0.1) is 0 Å². The van der Waals surface area contributed by atoms with Crippen molar-refractivity contribution in [1.82, 2.24) is 0 Å². The van der Waals surface area contributed by atoms with Gasteiger partial charge in [-0.1, -0.05) is 26.0 Å². The van der Waals surface area contributed by atoms with Gasteiger partial charge in [0.1, 0.15) is 0 Å². The molecule has 0 aliphatic heterocycles. The first-order chi connectivity index (χ1) is 4.72. The van der Waals surface area contributed by atoms with Crippen LogP contribution >= 0.6 is 0 Å². The minimum absolute atomic E-state index is 0.560. The van der Waals surface area contributed by atoms with Crippen LogP contribution in [-0.4, -0.2) is 5.71 Å². The first kappa shape index (κ1) is 9.15. The van der Waals surface area contributed by atoms with Gasteiger partial charge in [-0.3, -0.25) is 0 Å². The van der Waals surface area contributed by atoms with Crippen molar-refractivity contribution in [3.8, 4) is 0 Å². The molecule has 0 saturated carbocycles. The molecule has 0 radical (unpaired) electrons. The lowest BCUT2D eigenvalue weighted by atomic mass is 10.1. The Balaban J connectivity index is 3.83. The molecule has 0 spiro atoms. The summed E-state index contributed by atoms with van der Waals surface area (Å²) in [6, 6.07) is 0. The zero-order chi connectivity index (χ0) is 7.98. The summed E-state index contributed by atoms with van der Waals surface area (Å²) in [6.07, 6.45) is 5.64. The van der Waals surface area contributed by atoms with Gasteiger partial charge in [-0.05, 0) is 25.0 Å². The van der Waals surface area contributed by atoms with E-state index >= 15 is 0 Å². The van der Waals surface area contributed by atoms with E-state index in [4.69, 9.17) is 5.41 Å². The van der Waals surface area contributed by atoms with Crippen molar-refractivity contribution in [2.75, 3.05) is 0 Å². The Kier molecular flexibility index (Phi) is 4.55. The van der Waals surface area contributed by atoms with Crippen LogP contribution in [0.25, 0.3) is 0 Å². The maximum atomic E-state index is 7.41. The molecule has 0 saturated heterocycles.